The van der Waals surface area contributed by atoms with Crippen molar-refractivity contribution in [2.24, 2.45) is 5.92 Å². The third-order valence-corrected chi connectivity index (χ3v) is 4.62. The zero-order chi connectivity index (χ0) is 18.0. The van der Waals surface area contributed by atoms with Crippen molar-refractivity contribution in [2.45, 2.75) is 39.3 Å². The van der Waals surface area contributed by atoms with Crippen LogP contribution in [0.3, 0.4) is 0 Å². The van der Waals surface area contributed by atoms with Crippen LogP contribution in [-0.4, -0.2) is 27.4 Å². The Morgan fingerprint density at radius 1 is 1.20 bits per heavy atom. The largest absolute Gasteiger partial charge is 0.346 e. The fourth-order valence-electron chi connectivity index (χ4n) is 3.27. The molecule has 2 aromatic rings. The third-order valence-electron chi connectivity index (χ3n) is 4.62. The summed E-state index contributed by atoms with van der Waals surface area (Å²) in [6.45, 7) is 4.15. The minimum atomic E-state index is -1.51. The van der Waals surface area contributed by atoms with E-state index in [9.17, 15) is 18.0 Å². The van der Waals surface area contributed by atoms with Crippen molar-refractivity contribution in [3.05, 3.63) is 51.5 Å². The van der Waals surface area contributed by atoms with E-state index in [0.29, 0.717) is 24.7 Å². The number of rotatable bonds is 5. The van der Waals surface area contributed by atoms with E-state index >= 15 is 0 Å². The van der Waals surface area contributed by atoms with Crippen molar-refractivity contribution in [1.82, 2.24) is 19.7 Å². The molecule has 1 N–H and O–H groups in total. The Morgan fingerprint density at radius 2 is 1.84 bits per heavy atom. The first-order valence-electron chi connectivity index (χ1n) is 8.50. The number of aromatic nitrogens is 3. The van der Waals surface area contributed by atoms with Crippen molar-refractivity contribution in [1.29, 1.82) is 0 Å². The molecule has 1 fully saturated rings. The van der Waals surface area contributed by atoms with Crippen LogP contribution in [0.4, 0.5) is 13.2 Å². The molecule has 136 valence electrons. The molecule has 0 atom stereocenters. The van der Waals surface area contributed by atoms with Gasteiger partial charge in [-0.2, -0.15) is 5.10 Å². The van der Waals surface area contributed by atoms with E-state index in [2.05, 4.69) is 10.4 Å². The molecule has 1 aromatic heterocycles. The Balaban J connectivity index is 1.85. The van der Waals surface area contributed by atoms with Gasteiger partial charge in [0.1, 0.15) is 5.82 Å². The smallest absolute Gasteiger partial charge is 0.317 e. The number of hydrogen-bond acceptors (Lipinski definition) is 3. The summed E-state index contributed by atoms with van der Waals surface area (Å²) in [4.78, 5) is 12.5. The van der Waals surface area contributed by atoms with E-state index in [1.165, 1.54) is 4.68 Å². The van der Waals surface area contributed by atoms with E-state index in [-0.39, 0.29) is 17.8 Å². The Labute approximate surface area is 143 Å². The third kappa shape index (κ3) is 3.78. The van der Waals surface area contributed by atoms with Gasteiger partial charge in [0.15, 0.2) is 17.5 Å². The molecule has 0 unspecified atom stereocenters. The summed E-state index contributed by atoms with van der Waals surface area (Å²) in [5.41, 5.74) is -0.163. The number of benzene rings is 1. The highest BCUT2D eigenvalue weighted by Crippen LogP contribution is 2.17. The maximum atomic E-state index is 13.4. The molecule has 5 nitrogen and oxygen atoms in total. The van der Waals surface area contributed by atoms with Gasteiger partial charge in [0.05, 0.1) is 6.54 Å². The summed E-state index contributed by atoms with van der Waals surface area (Å²) in [5, 5.41) is 7.66. The van der Waals surface area contributed by atoms with E-state index in [0.717, 1.165) is 38.1 Å². The number of piperidine rings is 1. The van der Waals surface area contributed by atoms with Gasteiger partial charge < -0.3 is 5.32 Å². The average Bonchev–Trinajstić information content (AvgIpc) is 2.88. The fraction of sp³-hybridized carbons (Fsp3) is 0.529. The lowest BCUT2D eigenvalue weighted by molar-refractivity contribution is 0.362. The van der Waals surface area contributed by atoms with Gasteiger partial charge >= 0.3 is 5.69 Å². The lowest BCUT2D eigenvalue weighted by atomic mass is 9.94. The van der Waals surface area contributed by atoms with Gasteiger partial charge in [0.2, 0.25) is 0 Å². The van der Waals surface area contributed by atoms with E-state index in [4.69, 9.17) is 0 Å². The van der Waals surface area contributed by atoms with E-state index < -0.39 is 17.5 Å². The minimum absolute atomic E-state index is 0.0980. The highest BCUT2D eigenvalue weighted by atomic mass is 19.2. The molecule has 3 rings (SSSR count). The van der Waals surface area contributed by atoms with Crippen LogP contribution in [0, 0.1) is 23.4 Å². The summed E-state index contributed by atoms with van der Waals surface area (Å²) < 4.78 is 42.6. The van der Waals surface area contributed by atoms with Gasteiger partial charge in [-0.1, -0.05) is 0 Å². The first-order chi connectivity index (χ1) is 12.0. The van der Waals surface area contributed by atoms with Crippen LogP contribution in [0.1, 0.15) is 31.2 Å². The zero-order valence-corrected chi connectivity index (χ0v) is 14.1. The van der Waals surface area contributed by atoms with Crippen LogP contribution in [0.25, 0.3) is 0 Å². The highest BCUT2D eigenvalue weighted by molar-refractivity contribution is 5.19. The second kappa shape index (κ2) is 7.43. The average molecular weight is 354 g/mol. The lowest BCUT2D eigenvalue weighted by Crippen LogP contribution is -2.30. The SMILES string of the molecule is CCn1c(CC2CCNCC2)nn(Cc2cc(F)c(F)c(F)c2)c1=O. The van der Waals surface area contributed by atoms with E-state index in [1.807, 2.05) is 6.92 Å². The Hall–Kier alpha value is -2.09. The quantitative estimate of drug-likeness (QED) is 0.837. The fourth-order valence-corrected chi connectivity index (χ4v) is 3.27. The molecule has 1 aromatic carbocycles. The number of nitrogens with one attached hydrogen (secondary N) is 1. The van der Waals surface area contributed by atoms with Crippen LogP contribution in [-0.2, 0) is 19.5 Å². The summed E-state index contributed by atoms with van der Waals surface area (Å²) in [6, 6.07) is 1.78. The lowest BCUT2D eigenvalue weighted by Gasteiger charge is -2.21. The molecule has 0 saturated carbocycles. The standard InChI is InChI=1S/C17H21F3N4O/c1-2-23-15(9-11-3-5-21-6-4-11)22-24(17(23)25)10-12-7-13(18)16(20)14(19)8-12/h7-8,11,21H,2-6,9-10H2,1H3. The van der Waals surface area contributed by atoms with Crippen LogP contribution in [0.15, 0.2) is 16.9 Å². The first kappa shape index (κ1) is 17.7. The van der Waals surface area contributed by atoms with Gasteiger partial charge in [0.25, 0.3) is 0 Å². The molecule has 1 aliphatic heterocycles. The van der Waals surface area contributed by atoms with Crippen molar-refractivity contribution in [3.63, 3.8) is 0 Å². The van der Waals surface area contributed by atoms with Gasteiger partial charge in [-0.05, 0) is 56.5 Å². The summed E-state index contributed by atoms with van der Waals surface area (Å²) >= 11 is 0. The van der Waals surface area contributed by atoms with Crippen LogP contribution in [0.5, 0.6) is 0 Å². The first-order valence-corrected chi connectivity index (χ1v) is 8.50. The Morgan fingerprint density at radius 3 is 2.44 bits per heavy atom. The minimum Gasteiger partial charge on any atom is -0.317 e. The normalized spacial score (nSPS) is 15.7. The van der Waals surface area contributed by atoms with Crippen molar-refractivity contribution in [3.8, 4) is 0 Å². The number of halogens is 3. The van der Waals surface area contributed by atoms with Crippen molar-refractivity contribution in [2.75, 3.05) is 13.1 Å². The predicted octanol–water partition coefficient (Wildman–Crippen LogP) is 2.07. The monoisotopic (exact) mass is 354 g/mol. The van der Waals surface area contributed by atoms with Gasteiger partial charge in [0, 0.05) is 13.0 Å². The molecule has 0 amide bonds. The van der Waals surface area contributed by atoms with Crippen LogP contribution in [0.2, 0.25) is 0 Å². The molecular weight excluding hydrogens is 333 g/mol. The highest BCUT2D eigenvalue weighted by Gasteiger charge is 2.20. The second-order valence-corrected chi connectivity index (χ2v) is 6.37. The molecule has 0 aliphatic carbocycles. The molecular formula is C17H21F3N4O. The van der Waals surface area contributed by atoms with Crippen molar-refractivity contribution < 1.29 is 13.2 Å². The van der Waals surface area contributed by atoms with Gasteiger partial charge in [-0.15, -0.1) is 0 Å². The molecule has 2 heterocycles. The Kier molecular flexibility index (Phi) is 5.27. The molecule has 0 spiro atoms. The van der Waals surface area contributed by atoms with Gasteiger partial charge in [-0.3, -0.25) is 4.57 Å². The summed E-state index contributed by atoms with van der Waals surface area (Å²) in [6.07, 6.45) is 2.75. The van der Waals surface area contributed by atoms with E-state index in [1.54, 1.807) is 4.57 Å². The van der Waals surface area contributed by atoms with Crippen LogP contribution >= 0.6 is 0 Å². The van der Waals surface area contributed by atoms with Crippen LogP contribution < -0.4 is 11.0 Å². The number of hydrogen-bond donors (Lipinski definition) is 1. The predicted molar refractivity (Wildman–Crippen MR) is 86.9 cm³/mol. The molecule has 0 radical (unpaired) electrons. The van der Waals surface area contributed by atoms with Gasteiger partial charge in [-0.25, -0.2) is 22.6 Å². The summed E-state index contributed by atoms with van der Waals surface area (Å²) in [5.74, 6) is -2.91. The maximum Gasteiger partial charge on any atom is 0.346 e. The molecule has 8 heteroatoms. The maximum absolute atomic E-state index is 13.4. The Bertz CT molecular complexity index is 786. The molecule has 1 saturated heterocycles. The number of nitrogens with zero attached hydrogens (tertiary/aromatic N) is 3. The molecule has 0 bridgehead atoms. The molecule has 25 heavy (non-hydrogen) atoms. The molecule has 1 aliphatic rings. The zero-order valence-electron chi connectivity index (χ0n) is 14.1. The van der Waals surface area contributed by atoms with Crippen molar-refractivity contribution >= 4 is 0 Å². The topological polar surface area (TPSA) is 51.9 Å². The second-order valence-electron chi connectivity index (χ2n) is 6.37. The summed E-state index contributed by atoms with van der Waals surface area (Å²) in [7, 11) is 0.